The summed E-state index contributed by atoms with van der Waals surface area (Å²) in [5.74, 6) is -0.480. The SMILES string of the molecule is CC(C)NC(=O)c1ccnc(-c2cccc(F)c2)c1. The van der Waals surface area contributed by atoms with Crippen LogP contribution in [0.2, 0.25) is 0 Å². The van der Waals surface area contributed by atoms with Crippen molar-refractivity contribution in [1.29, 1.82) is 0 Å². The van der Waals surface area contributed by atoms with Crippen LogP contribution < -0.4 is 5.32 Å². The van der Waals surface area contributed by atoms with E-state index in [2.05, 4.69) is 10.3 Å². The Labute approximate surface area is 111 Å². The zero-order chi connectivity index (χ0) is 13.8. The van der Waals surface area contributed by atoms with Crippen molar-refractivity contribution in [2.75, 3.05) is 0 Å². The molecule has 0 atom stereocenters. The zero-order valence-corrected chi connectivity index (χ0v) is 10.9. The van der Waals surface area contributed by atoms with Gasteiger partial charge in [0.05, 0.1) is 5.69 Å². The van der Waals surface area contributed by atoms with E-state index in [-0.39, 0.29) is 17.8 Å². The number of nitrogens with one attached hydrogen (secondary N) is 1. The third-order valence-corrected chi connectivity index (χ3v) is 2.56. The number of amides is 1. The number of halogens is 1. The van der Waals surface area contributed by atoms with Gasteiger partial charge in [0.25, 0.3) is 5.91 Å². The van der Waals surface area contributed by atoms with Gasteiger partial charge in [0, 0.05) is 23.4 Å². The standard InChI is InChI=1S/C15H15FN2O/c1-10(2)18-15(19)12-6-7-17-14(9-12)11-4-3-5-13(16)8-11/h3-10H,1-2H3,(H,18,19). The van der Waals surface area contributed by atoms with Gasteiger partial charge in [-0.15, -0.1) is 0 Å². The summed E-state index contributed by atoms with van der Waals surface area (Å²) < 4.78 is 13.2. The lowest BCUT2D eigenvalue weighted by molar-refractivity contribution is 0.0943. The quantitative estimate of drug-likeness (QED) is 0.919. The third kappa shape index (κ3) is 3.37. The summed E-state index contributed by atoms with van der Waals surface area (Å²) in [4.78, 5) is 16.1. The lowest BCUT2D eigenvalue weighted by Gasteiger charge is -2.09. The van der Waals surface area contributed by atoms with Crippen LogP contribution in [-0.4, -0.2) is 16.9 Å². The Morgan fingerprint density at radius 3 is 2.74 bits per heavy atom. The number of carbonyl (C=O) groups excluding carboxylic acids is 1. The monoisotopic (exact) mass is 258 g/mol. The Morgan fingerprint density at radius 1 is 1.26 bits per heavy atom. The second-order valence-electron chi connectivity index (χ2n) is 4.57. The lowest BCUT2D eigenvalue weighted by Crippen LogP contribution is -2.30. The molecule has 98 valence electrons. The average molecular weight is 258 g/mol. The predicted octanol–water partition coefficient (Wildman–Crippen LogP) is 3.03. The molecule has 0 aliphatic rings. The minimum absolute atomic E-state index is 0.0679. The van der Waals surface area contributed by atoms with Gasteiger partial charge in [-0.25, -0.2) is 4.39 Å². The molecule has 1 heterocycles. The molecule has 2 aromatic rings. The first kappa shape index (κ1) is 13.2. The second kappa shape index (κ2) is 5.61. The van der Waals surface area contributed by atoms with E-state index in [1.54, 1.807) is 30.5 Å². The average Bonchev–Trinajstić information content (AvgIpc) is 2.38. The maximum Gasteiger partial charge on any atom is 0.251 e. The summed E-state index contributed by atoms with van der Waals surface area (Å²) in [5.41, 5.74) is 1.75. The summed E-state index contributed by atoms with van der Waals surface area (Å²) in [6.07, 6.45) is 1.55. The molecule has 1 amide bonds. The highest BCUT2D eigenvalue weighted by molar-refractivity contribution is 5.95. The van der Waals surface area contributed by atoms with Gasteiger partial charge in [-0.3, -0.25) is 9.78 Å². The van der Waals surface area contributed by atoms with Crippen LogP contribution in [-0.2, 0) is 0 Å². The van der Waals surface area contributed by atoms with Crippen molar-refractivity contribution in [1.82, 2.24) is 10.3 Å². The van der Waals surface area contributed by atoms with Gasteiger partial charge < -0.3 is 5.32 Å². The first-order chi connectivity index (χ1) is 9.06. The van der Waals surface area contributed by atoms with Crippen molar-refractivity contribution in [3.63, 3.8) is 0 Å². The Kier molecular flexibility index (Phi) is 3.90. The van der Waals surface area contributed by atoms with E-state index >= 15 is 0 Å². The van der Waals surface area contributed by atoms with Gasteiger partial charge in [-0.05, 0) is 38.1 Å². The molecule has 2 rings (SSSR count). The van der Waals surface area contributed by atoms with Crippen molar-refractivity contribution in [2.24, 2.45) is 0 Å². The van der Waals surface area contributed by atoms with Crippen molar-refractivity contribution >= 4 is 5.91 Å². The van der Waals surface area contributed by atoms with E-state index in [1.807, 2.05) is 13.8 Å². The van der Waals surface area contributed by atoms with E-state index in [4.69, 9.17) is 0 Å². The number of hydrogen-bond acceptors (Lipinski definition) is 2. The molecule has 1 N–H and O–H groups in total. The van der Waals surface area contributed by atoms with Crippen LogP contribution >= 0.6 is 0 Å². The summed E-state index contributed by atoms with van der Waals surface area (Å²) >= 11 is 0. The zero-order valence-electron chi connectivity index (χ0n) is 10.9. The molecule has 0 saturated carbocycles. The molecule has 1 aromatic heterocycles. The molecule has 0 fully saturated rings. The molecular formula is C15H15FN2O. The Morgan fingerprint density at radius 2 is 2.05 bits per heavy atom. The molecule has 0 bridgehead atoms. The van der Waals surface area contributed by atoms with E-state index < -0.39 is 0 Å². The number of carbonyl (C=O) groups is 1. The maximum absolute atomic E-state index is 13.2. The summed E-state index contributed by atoms with van der Waals surface area (Å²) in [5, 5.41) is 2.81. The number of nitrogens with zero attached hydrogens (tertiary/aromatic N) is 1. The fourth-order valence-corrected chi connectivity index (χ4v) is 1.72. The molecule has 0 saturated heterocycles. The summed E-state index contributed by atoms with van der Waals surface area (Å²) in [6.45, 7) is 3.79. The predicted molar refractivity (Wildman–Crippen MR) is 72.2 cm³/mol. The molecule has 0 radical (unpaired) electrons. The molecular weight excluding hydrogens is 243 g/mol. The summed E-state index contributed by atoms with van der Waals surface area (Å²) in [6, 6.07) is 9.51. The highest BCUT2D eigenvalue weighted by atomic mass is 19.1. The van der Waals surface area contributed by atoms with E-state index in [0.29, 0.717) is 16.8 Å². The van der Waals surface area contributed by atoms with Crippen molar-refractivity contribution in [3.05, 3.63) is 54.0 Å². The van der Waals surface area contributed by atoms with Gasteiger partial charge in [0.15, 0.2) is 0 Å². The molecule has 1 aromatic carbocycles. The van der Waals surface area contributed by atoms with Crippen LogP contribution in [0.5, 0.6) is 0 Å². The van der Waals surface area contributed by atoms with E-state index in [9.17, 15) is 9.18 Å². The highest BCUT2D eigenvalue weighted by Crippen LogP contribution is 2.18. The number of rotatable bonds is 3. The third-order valence-electron chi connectivity index (χ3n) is 2.56. The van der Waals surface area contributed by atoms with Crippen LogP contribution in [0.15, 0.2) is 42.6 Å². The molecule has 0 aliphatic heterocycles. The van der Waals surface area contributed by atoms with Gasteiger partial charge >= 0.3 is 0 Å². The fraction of sp³-hybridized carbons (Fsp3) is 0.200. The molecule has 0 aliphatic carbocycles. The van der Waals surface area contributed by atoms with Crippen LogP contribution in [0.1, 0.15) is 24.2 Å². The smallest absolute Gasteiger partial charge is 0.251 e. The highest BCUT2D eigenvalue weighted by Gasteiger charge is 2.09. The number of aromatic nitrogens is 1. The largest absolute Gasteiger partial charge is 0.350 e. The van der Waals surface area contributed by atoms with Crippen molar-refractivity contribution in [3.8, 4) is 11.3 Å². The van der Waals surface area contributed by atoms with Gasteiger partial charge in [-0.2, -0.15) is 0 Å². The molecule has 19 heavy (non-hydrogen) atoms. The number of hydrogen-bond donors (Lipinski definition) is 1. The molecule has 0 unspecified atom stereocenters. The van der Waals surface area contributed by atoms with Gasteiger partial charge in [0.2, 0.25) is 0 Å². The second-order valence-corrected chi connectivity index (χ2v) is 4.57. The van der Waals surface area contributed by atoms with E-state index in [1.165, 1.54) is 12.1 Å². The minimum Gasteiger partial charge on any atom is -0.350 e. The van der Waals surface area contributed by atoms with Crippen LogP contribution in [0.25, 0.3) is 11.3 Å². The molecule has 3 nitrogen and oxygen atoms in total. The Hall–Kier alpha value is -2.23. The minimum atomic E-state index is -0.323. The lowest BCUT2D eigenvalue weighted by atomic mass is 10.1. The maximum atomic E-state index is 13.2. The van der Waals surface area contributed by atoms with E-state index in [0.717, 1.165) is 0 Å². The Balaban J connectivity index is 2.32. The number of benzene rings is 1. The Bertz CT molecular complexity index is 596. The van der Waals surface area contributed by atoms with Gasteiger partial charge in [0.1, 0.15) is 5.82 Å². The van der Waals surface area contributed by atoms with Crippen molar-refractivity contribution in [2.45, 2.75) is 19.9 Å². The molecule has 0 spiro atoms. The van der Waals surface area contributed by atoms with Gasteiger partial charge in [-0.1, -0.05) is 12.1 Å². The normalized spacial score (nSPS) is 10.5. The fourth-order valence-electron chi connectivity index (χ4n) is 1.72. The molecule has 4 heteroatoms. The summed E-state index contributed by atoms with van der Waals surface area (Å²) in [7, 11) is 0. The van der Waals surface area contributed by atoms with Crippen LogP contribution in [0, 0.1) is 5.82 Å². The first-order valence-corrected chi connectivity index (χ1v) is 6.09. The van der Waals surface area contributed by atoms with Crippen LogP contribution in [0.4, 0.5) is 4.39 Å². The van der Waals surface area contributed by atoms with Crippen LogP contribution in [0.3, 0.4) is 0 Å². The topological polar surface area (TPSA) is 42.0 Å². The van der Waals surface area contributed by atoms with Crippen molar-refractivity contribution < 1.29 is 9.18 Å². The number of pyridine rings is 1. The first-order valence-electron chi connectivity index (χ1n) is 6.09.